The van der Waals surface area contributed by atoms with Crippen molar-refractivity contribution in [3.05, 3.63) is 45.1 Å². The summed E-state index contributed by atoms with van der Waals surface area (Å²) in [6.07, 6.45) is 2.01. The van der Waals surface area contributed by atoms with E-state index in [1.807, 2.05) is 43.0 Å². The van der Waals surface area contributed by atoms with E-state index in [9.17, 15) is 0 Å². The monoisotopic (exact) mass is 313 g/mol. The molecule has 1 heterocycles. The first-order valence-corrected chi connectivity index (χ1v) is 6.41. The van der Waals surface area contributed by atoms with E-state index >= 15 is 0 Å². The van der Waals surface area contributed by atoms with Crippen LogP contribution in [0.25, 0.3) is 0 Å². The number of aromatic nitrogens is 2. The lowest BCUT2D eigenvalue weighted by Gasteiger charge is -2.08. The van der Waals surface area contributed by atoms with E-state index in [2.05, 4.69) is 26.3 Å². The lowest BCUT2D eigenvalue weighted by molar-refractivity contribution is 0.756. The number of rotatable bonds is 3. The molecule has 5 heteroatoms. The molecule has 1 aromatic carbocycles. The van der Waals surface area contributed by atoms with Crippen LogP contribution >= 0.6 is 27.5 Å². The maximum atomic E-state index is 6.10. The molecule has 17 heavy (non-hydrogen) atoms. The molecule has 90 valence electrons. The molecule has 0 aliphatic carbocycles. The number of halogens is 2. The number of hydrogen-bond acceptors (Lipinski definition) is 2. The largest absolute Gasteiger partial charge is 0.380 e. The highest BCUT2D eigenvalue weighted by Gasteiger charge is 2.05. The molecule has 3 nitrogen and oxygen atoms in total. The maximum Gasteiger partial charge on any atom is 0.0643 e. The summed E-state index contributed by atoms with van der Waals surface area (Å²) in [5.41, 5.74) is 3.12. The van der Waals surface area contributed by atoms with Gasteiger partial charge >= 0.3 is 0 Å². The van der Waals surface area contributed by atoms with E-state index in [4.69, 9.17) is 11.6 Å². The number of benzene rings is 1. The van der Waals surface area contributed by atoms with E-state index in [1.165, 1.54) is 5.56 Å². The van der Waals surface area contributed by atoms with Crippen molar-refractivity contribution in [2.45, 2.75) is 13.5 Å². The molecule has 0 bridgehead atoms. The second kappa shape index (κ2) is 5.10. The average Bonchev–Trinajstić information content (AvgIpc) is 2.59. The zero-order valence-electron chi connectivity index (χ0n) is 9.67. The lowest BCUT2D eigenvalue weighted by Crippen LogP contribution is -2.00. The Morgan fingerprint density at radius 3 is 2.88 bits per heavy atom. The Balaban J connectivity index is 2.12. The molecule has 0 saturated heterocycles. The summed E-state index contributed by atoms with van der Waals surface area (Å²) < 4.78 is 2.82. The standard InChI is InChI=1S/C12H13BrClN3/c1-8-9(7-17(2)16-8)6-15-12-5-10(13)3-4-11(12)14/h3-5,7,15H,6H2,1-2H3. The van der Waals surface area contributed by atoms with Crippen molar-refractivity contribution in [1.29, 1.82) is 0 Å². The summed E-state index contributed by atoms with van der Waals surface area (Å²) in [5, 5.41) is 8.32. The van der Waals surface area contributed by atoms with Crippen molar-refractivity contribution in [2.75, 3.05) is 5.32 Å². The smallest absolute Gasteiger partial charge is 0.0643 e. The minimum absolute atomic E-state index is 0.717. The highest BCUT2D eigenvalue weighted by atomic mass is 79.9. The van der Waals surface area contributed by atoms with Gasteiger partial charge in [-0.05, 0) is 25.1 Å². The normalized spacial score (nSPS) is 10.6. The highest BCUT2D eigenvalue weighted by Crippen LogP contribution is 2.26. The van der Waals surface area contributed by atoms with Crippen molar-refractivity contribution in [1.82, 2.24) is 9.78 Å². The first kappa shape index (κ1) is 12.5. The summed E-state index contributed by atoms with van der Waals surface area (Å²) in [7, 11) is 1.92. The van der Waals surface area contributed by atoms with Gasteiger partial charge in [0.2, 0.25) is 0 Å². The molecule has 0 spiro atoms. The van der Waals surface area contributed by atoms with Crippen LogP contribution in [-0.4, -0.2) is 9.78 Å². The van der Waals surface area contributed by atoms with Crippen LogP contribution in [0.2, 0.25) is 5.02 Å². The molecular weight excluding hydrogens is 302 g/mol. The number of anilines is 1. The Morgan fingerprint density at radius 2 is 2.24 bits per heavy atom. The van der Waals surface area contributed by atoms with Crippen LogP contribution in [0.3, 0.4) is 0 Å². The van der Waals surface area contributed by atoms with Gasteiger partial charge in [-0.25, -0.2) is 0 Å². The molecule has 0 aliphatic heterocycles. The first-order valence-electron chi connectivity index (χ1n) is 5.24. The summed E-state index contributed by atoms with van der Waals surface area (Å²) >= 11 is 9.53. The van der Waals surface area contributed by atoms with Crippen molar-refractivity contribution < 1.29 is 0 Å². The Morgan fingerprint density at radius 1 is 1.47 bits per heavy atom. The Kier molecular flexibility index (Phi) is 3.74. The van der Waals surface area contributed by atoms with Gasteiger partial charge in [0.05, 0.1) is 16.4 Å². The molecule has 0 amide bonds. The van der Waals surface area contributed by atoms with Crippen LogP contribution < -0.4 is 5.32 Å². The van der Waals surface area contributed by atoms with Crippen molar-refractivity contribution in [2.24, 2.45) is 7.05 Å². The fourth-order valence-corrected chi connectivity index (χ4v) is 2.19. The number of nitrogens with one attached hydrogen (secondary N) is 1. The summed E-state index contributed by atoms with van der Waals surface area (Å²) in [5.74, 6) is 0. The summed E-state index contributed by atoms with van der Waals surface area (Å²) in [6.45, 7) is 2.72. The molecule has 0 atom stereocenters. The van der Waals surface area contributed by atoms with E-state index in [0.29, 0.717) is 0 Å². The molecule has 1 aromatic heterocycles. The van der Waals surface area contributed by atoms with Crippen molar-refractivity contribution in [3.8, 4) is 0 Å². The second-order valence-electron chi connectivity index (χ2n) is 3.89. The third-order valence-corrected chi connectivity index (χ3v) is 3.34. The summed E-state index contributed by atoms with van der Waals surface area (Å²) in [4.78, 5) is 0. The van der Waals surface area contributed by atoms with Crippen LogP contribution in [0.4, 0.5) is 5.69 Å². The van der Waals surface area contributed by atoms with Gasteiger partial charge in [0.15, 0.2) is 0 Å². The third kappa shape index (κ3) is 3.01. The third-order valence-electron chi connectivity index (χ3n) is 2.51. The Bertz CT molecular complexity index is 537. The van der Waals surface area contributed by atoms with Gasteiger partial charge in [-0.2, -0.15) is 5.10 Å². The molecule has 2 rings (SSSR count). The first-order chi connectivity index (χ1) is 8.06. The Labute approximate surface area is 114 Å². The van der Waals surface area contributed by atoms with Gasteiger partial charge in [-0.1, -0.05) is 27.5 Å². The lowest BCUT2D eigenvalue weighted by atomic mass is 10.2. The minimum atomic E-state index is 0.717. The predicted octanol–water partition coefficient (Wildman–Crippen LogP) is 3.76. The van der Waals surface area contributed by atoms with Crippen LogP contribution in [0, 0.1) is 6.92 Å². The minimum Gasteiger partial charge on any atom is -0.380 e. The molecule has 0 radical (unpaired) electrons. The van der Waals surface area contributed by atoms with Gasteiger partial charge in [0.25, 0.3) is 0 Å². The summed E-state index contributed by atoms with van der Waals surface area (Å²) in [6, 6.07) is 5.75. The van der Waals surface area contributed by atoms with Gasteiger partial charge in [-0.3, -0.25) is 4.68 Å². The quantitative estimate of drug-likeness (QED) is 0.935. The average molecular weight is 315 g/mol. The number of hydrogen-bond donors (Lipinski definition) is 1. The molecule has 0 saturated carbocycles. The number of nitrogens with zero attached hydrogens (tertiary/aromatic N) is 2. The van der Waals surface area contributed by atoms with E-state index in [-0.39, 0.29) is 0 Å². The molecule has 0 unspecified atom stereocenters. The molecule has 0 aliphatic rings. The SMILES string of the molecule is Cc1nn(C)cc1CNc1cc(Br)ccc1Cl. The van der Waals surface area contributed by atoms with E-state index in [1.54, 1.807) is 0 Å². The van der Waals surface area contributed by atoms with E-state index < -0.39 is 0 Å². The van der Waals surface area contributed by atoms with Gasteiger partial charge in [0, 0.05) is 29.8 Å². The second-order valence-corrected chi connectivity index (χ2v) is 5.21. The van der Waals surface area contributed by atoms with Crippen LogP contribution in [0.15, 0.2) is 28.9 Å². The Hall–Kier alpha value is -1.000. The fraction of sp³-hybridized carbons (Fsp3) is 0.250. The zero-order chi connectivity index (χ0) is 12.4. The molecule has 1 N–H and O–H groups in total. The van der Waals surface area contributed by atoms with Gasteiger partial charge in [0.1, 0.15) is 0 Å². The van der Waals surface area contributed by atoms with Gasteiger partial charge < -0.3 is 5.32 Å². The maximum absolute atomic E-state index is 6.10. The van der Waals surface area contributed by atoms with E-state index in [0.717, 1.165) is 27.4 Å². The predicted molar refractivity (Wildman–Crippen MR) is 74.4 cm³/mol. The van der Waals surface area contributed by atoms with Gasteiger partial charge in [-0.15, -0.1) is 0 Å². The zero-order valence-corrected chi connectivity index (χ0v) is 12.0. The topological polar surface area (TPSA) is 29.9 Å². The highest BCUT2D eigenvalue weighted by molar-refractivity contribution is 9.10. The van der Waals surface area contributed by atoms with Crippen molar-refractivity contribution >= 4 is 33.2 Å². The molecular formula is C12H13BrClN3. The molecule has 2 aromatic rings. The van der Waals surface area contributed by atoms with Crippen LogP contribution in [0.1, 0.15) is 11.3 Å². The van der Waals surface area contributed by atoms with Crippen molar-refractivity contribution in [3.63, 3.8) is 0 Å². The van der Waals surface area contributed by atoms with Crippen LogP contribution in [-0.2, 0) is 13.6 Å². The fourth-order valence-electron chi connectivity index (χ4n) is 1.65. The molecule has 0 fully saturated rings. The van der Waals surface area contributed by atoms with Crippen LogP contribution in [0.5, 0.6) is 0 Å². The number of aryl methyl sites for hydroxylation is 2.